The maximum absolute atomic E-state index is 12.6. The fraction of sp³-hybridized carbons (Fsp3) is 0.526. The lowest BCUT2D eigenvalue weighted by Crippen LogP contribution is -2.54. The van der Waals surface area contributed by atoms with Crippen molar-refractivity contribution in [3.05, 3.63) is 30.3 Å². The van der Waals surface area contributed by atoms with Crippen LogP contribution in [0, 0.1) is 12.3 Å². The lowest BCUT2D eigenvalue weighted by molar-refractivity contribution is -0.133. The summed E-state index contributed by atoms with van der Waals surface area (Å²) in [6, 6.07) is 10.6. The molecular formula is C19H24N4O. The number of terminal acetylenes is 1. The van der Waals surface area contributed by atoms with Gasteiger partial charge in [0.15, 0.2) is 5.66 Å². The Hall–Kier alpha value is -2.35. The average Bonchev–Trinajstić information content (AvgIpc) is 3.39. The van der Waals surface area contributed by atoms with E-state index in [4.69, 9.17) is 6.42 Å². The number of amides is 1. The van der Waals surface area contributed by atoms with E-state index < -0.39 is 0 Å². The van der Waals surface area contributed by atoms with Crippen molar-refractivity contribution in [3.8, 4) is 12.3 Å². The molecule has 1 aromatic rings. The Morgan fingerprint density at radius 1 is 1.29 bits per heavy atom. The number of anilines is 1. The molecule has 1 fully saturated rings. The number of benzene rings is 1. The van der Waals surface area contributed by atoms with Crippen molar-refractivity contribution in [2.75, 3.05) is 24.5 Å². The normalized spacial score (nSPS) is 21.4. The van der Waals surface area contributed by atoms with Gasteiger partial charge < -0.3 is 9.80 Å². The molecule has 0 spiro atoms. The van der Waals surface area contributed by atoms with Crippen LogP contribution >= 0.6 is 0 Å². The number of nitrogens with zero attached hydrogens (tertiary/aromatic N) is 4. The van der Waals surface area contributed by atoms with Crippen molar-refractivity contribution in [2.24, 2.45) is 10.2 Å². The van der Waals surface area contributed by atoms with Gasteiger partial charge in [0.2, 0.25) is 5.91 Å². The van der Waals surface area contributed by atoms with Gasteiger partial charge in [0, 0.05) is 57.0 Å². The molecule has 5 heteroatoms. The molecular weight excluding hydrogens is 300 g/mol. The second-order valence-electron chi connectivity index (χ2n) is 6.60. The second-order valence-corrected chi connectivity index (χ2v) is 6.60. The average molecular weight is 324 g/mol. The van der Waals surface area contributed by atoms with Crippen LogP contribution in [0.4, 0.5) is 5.69 Å². The van der Waals surface area contributed by atoms with Gasteiger partial charge in [0.1, 0.15) is 0 Å². The van der Waals surface area contributed by atoms with E-state index in [0.29, 0.717) is 19.3 Å². The van der Waals surface area contributed by atoms with E-state index in [9.17, 15) is 4.79 Å². The maximum atomic E-state index is 12.6. The summed E-state index contributed by atoms with van der Waals surface area (Å²) in [6.45, 7) is 4.62. The Morgan fingerprint density at radius 3 is 2.67 bits per heavy atom. The van der Waals surface area contributed by atoms with Crippen LogP contribution in [0.5, 0.6) is 0 Å². The summed E-state index contributed by atoms with van der Waals surface area (Å²) in [5.41, 5.74) is 0.859. The van der Waals surface area contributed by atoms with Crippen molar-refractivity contribution in [1.29, 1.82) is 0 Å². The number of hydrogen-bond donors (Lipinski definition) is 0. The molecule has 5 nitrogen and oxygen atoms in total. The topological polar surface area (TPSA) is 48.3 Å². The van der Waals surface area contributed by atoms with Crippen LogP contribution < -0.4 is 4.90 Å². The zero-order chi connectivity index (χ0) is 17.0. The van der Waals surface area contributed by atoms with Crippen LogP contribution in [-0.4, -0.2) is 42.1 Å². The summed E-state index contributed by atoms with van der Waals surface area (Å²) in [6.07, 6.45) is 7.89. The number of piperazine rings is 1. The Bertz CT molecular complexity index is 643. The summed E-state index contributed by atoms with van der Waals surface area (Å²) < 4.78 is 0. The van der Waals surface area contributed by atoms with Crippen molar-refractivity contribution in [1.82, 2.24) is 4.90 Å². The predicted molar refractivity (Wildman–Crippen MR) is 94.7 cm³/mol. The first-order chi connectivity index (χ1) is 11.6. The zero-order valence-corrected chi connectivity index (χ0v) is 14.2. The highest BCUT2D eigenvalue weighted by Crippen LogP contribution is 2.37. The van der Waals surface area contributed by atoms with Gasteiger partial charge in [-0.25, -0.2) is 0 Å². The molecule has 126 valence electrons. The van der Waals surface area contributed by atoms with Gasteiger partial charge in [-0.2, -0.15) is 10.2 Å². The molecule has 1 atom stereocenters. The molecule has 2 aliphatic heterocycles. The number of carbonyl (C=O) groups excluding carboxylic acids is 1. The lowest BCUT2D eigenvalue weighted by Gasteiger charge is -2.41. The number of para-hydroxylation sites is 1. The minimum atomic E-state index is -0.364. The smallest absolute Gasteiger partial charge is 0.223 e. The van der Waals surface area contributed by atoms with E-state index in [1.165, 1.54) is 5.69 Å². The minimum absolute atomic E-state index is 0.201. The molecule has 1 unspecified atom stereocenters. The third-order valence-electron chi connectivity index (χ3n) is 4.86. The van der Waals surface area contributed by atoms with Crippen molar-refractivity contribution >= 4 is 11.6 Å². The first-order valence-electron chi connectivity index (χ1n) is 8.60. The van der Waals surface area contributed by atoms with Gasteiger partial charge >= 0.3 is 0 Å². The van der Waals surface area contributed by atoms with E-state index in [0.717, 1.165) is 26.1 Å². The second kappa shape index (κ2) is 7.04. The first-order valence-corrected chi connectivity index (χ1v) is 8.60. The Kier molecular flexibility index (Phi) is 4.84. The highest BCUT2D eigenvalue weighted by Gasteiger charge is 2.40. The summed E-state index contributed by atoms with van der Waals surface area (Å²) in [5.74, 6) is 2.82. The van der Waals surface area contributed by atoms with Crippen LogP contribution in [0.25, 0.3) is 0 Å². The largest absolute Gasteiger partial charge is 0.368 e. The van der Waals surface area contributed by atoms with E-state index in [-0.39, 0.29) is 17.6 Å². The van der Waals surface area contributed by atoms with E-state index in [2.05, 4.69) is 52.2 Å². The monoisotopic (exact) mass is 324 g/mol. The molecule has 0 bridgehead atoms. The number of hydrogen-bond acceptors (Lipinski definition) is 4. The molecule has 24 heavy (non-hydrogen) atoms. The fourth-order valence-electron chi connectivity index (χ4n) is 3.32. The summed E-state index contributed by atoms with van der Waals surface area (Å²) in [5, 5.41) is 8.22. The summed E-state index contributed by atoms with van der Waals surface area (Å²) in [4.78, 5) is 16.9. The fourth-order valence-corrected chi connectivity index (χ4v) is 3.32. The molecule has 3 rings (SSSR count). The first kappa shape index (κ1) is 16.5. The SMILES string of the molecule is C#CCCC1(CCC(=O)N2CCN(c3ccccc3)CC2C)N=N1. The van der Waals surface area contributed by atoms with E-state index in [1.54, 1.807) is 0 Å². The zero-order valence-electron chi connectivity index (χ0n) is 14.2. The van der Waals surface area contributed by atoms with Gasteiger partial charge in [-0.15, -0.1) is 12.3 Å². The van der Waals surface area contributed by atoms with E-state index >= 15 is 0 Å². The summed E-state index contributed by atoms with van der Waals surface area (Å²) in [7, 11) is 0. The van der Waals surface area contributed by atoms with Gasteiger partial charge in [-0.3, -0.25) is 4.79 Å². The van der Waals surface area contributed by atoms with Crippen molar-refractivity contribution in [3.63, 3.8) is 0 Å². The molecule has 1 aromatic carbocycles. The predicted octanol–water partition coefficient (Wildman–Crippen LogP) is 3.08. The standard InChI is InChI=1S/C19H24N4O/c1-3-4-11-19(20-21-19)12-10-18(24)23-14-13-22(15-16(23)2)17-8-6-5-7-9-17/h1,5-9,16H,4,10-15H2,2H3. The van der Waals surface area contributed by atoms with Crippen LogP contribution in [0.2, 0.25) is 0 Å². The van der Waals surface area contributed by atoms with Crippen LogP contribution in [-0.2, 0) is 4.79 Å². The third-order valence-corrected chi connectivity index (χ3v) is 4.86. The number of rotatable bonds is 6. The van der Waals surface area contributed by atoms with E-state index in [1.807, 2.05) is 11.0 Å². The highest BCUT2D eigenvalue weighted by molar-refractivity contribution is 5.77. The maximum Gasteiger partial charge on any atom is 0.223 e. The molecule has 2 heterocycles. The Labute approximate surface area is 143 Å². The molecule has 0 aliphatic carbocycles. The molecule has 0 saturated carbocycles. The lowest BCUT2D eigenvalue weighted by atomic mass is 10.0. The highest BCUT2D eigenvalue weighted by atomic mass is 16.2. The molecule has 0 radical (unpaired) electrons. The Morgan fingerprint density at radius 2 is 2.04 bits per heavy atom. The van der Waals surface area contributed by atoms with Crippen LogP contribution in [0.15, 0.2) is 40.6 Å². The minimum Gasteiger partial charge on any atom is -0.368 e. The molecule has 1 amide bonds. The summed E-state index contributed by atoms with van der Waals surface area (Å²) >= 11 is 0. The van der Waals surface area contributed by atoms with Crippen LogP contribution in [0.1, 0.15) is 32.6 Å². The quantitative estimate of drug-likeness (QED) is 0.755. The van der Waals surface area contributed by atoms with Gasteiger partial charge in [-0.05, 0) is 19.1 Å². The number of carbonyl (C=O) groups is 1. The van der Waals surface area contributed by atoms with Crippen LogP contribution in [0.3, 0.4) is 0 Å². The van der Waals surface area contributed by atoms with Gasteiger partial charge in [-0.1, -0.05) is 18.2 Å². The molecule has 2 aliphatic rings. The van der Waals surface area contributed by atoms with Crippen molar-refractivity contribution in [2.45, 2.75) is 44.3 Å². The Balaban J connectivity index is 1.49. The van der Waals surface area contributed by atoms with Crippen molar-refractivity contribution < 1.29 is 4.79 Å². The molecule has 1 saturated heterocycles. The third kappa shape index (κ3) is 3.76. The van der Waals surface area contributed by atoms with Gasteiger partial charge in [0.05, 0.1) is 0 Å². The van der Waals surface area contributed by atoms with Gasteiger partial charge in [0.25, 0.3) is 0 Å². The molecule has 0 aromatic heterocycles. The molecule has 0 N–H and O–H groups in total.